The molecule has 6 heteroatoms. The van der Waals surface area contributed by atoms with Crippen molar-refractivity contribution in [1.82, 2.24) is 14.5 Å². The Hall–Kier alpha value is -2.24. The maximum Gasteiger partial charge on any atom is 0.325 e. The van der Waals surface area contributed by atoms with Gasteiger partial charge in [-0.25, -0.2) is 9.78 Å². The number of methoxy groups -OCH3 is 1. The van der Waals surface area contributed by atoms with Crippen molar-refractivity contribution >= 4 is 0 Å². The van der Waals surface area contributed by atoms with E-state index < -0.39 is 0 Å². The molecule has 1 saturated carbocycles. The van der Waals surface area contributed by atoms with Gasteiger partial charge in [0.2, 0.25) is 0 Å². The van der Waals surface area contributed by atoms with Gasteiger partial charge in [-0.3, -0.25) is 4.57 Å². The van der Waals surface area contributed by atoms with Crippen LogP contribution in [0, 0.1) is 0 Å². The number of ether oxygens (including phenoxy) is 2. The molecule has 0 radical (unpaired) electrons. The van der Waals surface area contributed by atoms with E-state index in [1.807, 2.05) is 19.1 Å². The normalized spacial score (nSPS) is 16.4. The van der Waals surface area contributed by atoms with Crippen molar-refractivity contribution in [2.75, 3.05) is 7.11 Å². The molecule has 1 unspecified atom stereocenters. The maximum atomic E-state index is 11.6. The minimum atomic E-state index is -0.104. The summed E-state index contributed by atoms with van der Waals surface area (Å²) in [5, 5.41) is 0. The van der Waals surface area contributed by atoms with Crippen LogP contribution in [0.15, 0.2) is 29.3 Å². The Balaban J connectivity index is 1.78. The number of nitrogens with one attached hydrogen (secondary N) is 1. The largest absolute Gasteiger partial charge is 0.491 e. The van der Waals surface area contributed by atoms with Crippen LogP contribution in [0.3, 0.4) is 0 Å². The van der Waals surface area contributed by atoms with Gasteiger partial charge >= 0.3 is 5.69 Å². The highest BCUT2D eigenvalue weighted by Gasteiger charge is 2.20. The lowest BCUT2D eigenvalue weighted by atomic mass is 10.1. The first-order chi connectivity index (χ1) is 11.2. The number of hydrogen-bond acceptors (Lipinski definition) is 4. The SMILES string of the molecule is COc1ccc(C(C)Cn2cc[nH]c2=O)nc1OC1CCCC1. The third kappa shape index (κ3) is 3.57. The van der Waals surface area contributed by atoms with Gasteiger partial charge in [-0.15, -0.1) is 0 Å². The molecule has 1 aliphatic rings. The van der Waals surface area contributed by atoms with Gasteiger partial charge in [-0.2, -0.15) is 0 Å². The first kappa shape index (κ1) is 15.6. The van der Waals surface area contributed by atoms with Crippen LogP contribution in [0.5, 0.6) is 11.6 Å². The minimum absolute atomic E-state index is 0.0975. The van der Waals surface area contributed by atoms with Crippen molar-refractivity contribution in [2.24, 2.45) is 0 Å². The summed E-state index contributed by atoms with van der Waals surface area (Å²) in [6.07, 6.45) is 8.18. The summed E-state index contributed by atoms with van der Waals surface area (Å²) in [6.45, 7) is 2.62. The molecule has 1 fully saturated rings. The van der Waals surface area contributed by atoms with Gasteiger partial charge in [0.15, 0.2) is 5.75 Å². The van der Waals surface area contributed by atoms with Gasteiger partial charge in [0.05, 0.1) is 7.11 Å². The maximum absolute atomic E-state index is 11.6. The van der Waals surface area contributed by atoms with Crippen LogP contribution in [-0.2, 0) is 6.54 Å². The lowest BCUT2D eigenvalue weighted by molar-refractivity contribution is 0.191. The van der Waals surface area contributed by atoms with Gasteiger partial charge in [-0.1, -0.05) is 6.92 Å². The van der Waals surface area contributed by atoms with Crippen LogP contribution < -0.4 is 15.2 Å². The smallest absolute Gasteiger partial charge is 0.325 e. The number of aromatic amines is 1. The molecule has 0 bridgehead atoms. The Bertz CT molecular complexity index is 701. The van der Waals surface area contributed by atoms with Crippen molar-refractivity contribution in [3.63, 3.8) is 0 Å². The summed E-state index contributed by atoms with van der Waals surface area (Å²) >= 11 is 0. The molecule has 2 aromatic rings. The number of imidazole rings is 1. The average molecular weight is 317 g/mol. The predicted molar refractivity (Wildman–Crippen MR) is 87.1 cm³/mol. The summed E-state index contributed by atoms with van der Waals surface area (Å²) in [6, 6.07) is 3.83. The molecule has 0 saturated heterocycles. The third-order valence-electron chi connectivity index (χ3n) is 4.34. The molecule has 0 aromatic carbocycles. The molecule has 3 rings (SSSR count). The second kappa shape index (κ2) is 6.89. The molecule has 2 aromatic heterocycles. The van der Waals surface area contributed by atoms with E-state index in [9.17, 15) is 4.79 Å². The van der Waals surface area contributed by atoms with Crippen LogP contribution in [0.1, 0.15) is 44.2 Å². The number of hydrogen-bond donors (Lipinski definition) is 1. The van der Waals surface area contributed by atoms with E-state index in [0.29, 0.717) is 18.2 Å². The van der Waals surface area contributed by atoms with E-state index in [1.165, 1.54) is 12.8 Å². The molecule has 2 heterocycles. The first-order valence-electron chi connectivity index (χ1n) is 8.13. The fourth-order valence-corrected chi connectivity index (χ4v) is 3.00. The fraction of sp³-hybridized carbons (Fsp3) is 0.529. The van der Waals surface area contributed by atoms with Crippen molar-refractivity contribution in [3.8, 4) is 11.6 Å². The number of pyridine rings is 1. The Morgan fingerprint density at radius 1 is 1.39 bits per heavy atom. The van der Waals surface area contributed by atoms with Gasteiger partial charge in [0, 0.05) is 30.6 Å². The lowest BCUT2D eigenvalue weighted by Crippen LogP contribution is -2.20. The summed E-state index contributed by atoms with van der Waals surface area (Å²) < 4.78 is 13.1. The minimum Gasteiger partial charge on any atom is -0.491 e. The molecule has 1 atom stereocenters. The summed E-state index contributed by atoms with van der Waals surface area (Å²) in [5.41, 5.74) is 0.791. The molecule has 6 nitrogen and oxygen atoms in total. The van der Waals surface area contributed by atoms with Crippen LogP contribution in [0.2, 0.25) is 0 Å². The zero-order chi connectivity index (χ0) is 16.2. The molecule has 1 N–H and O–H groups in total. The zero-order valence-corrected chi connectivity index (χ0v) is 13.6. The fourth-order valence-electron chi connectivity index (χ4n) is 3.00. The summed E-state index contributed by atoms with van der Waals surface area (Å²) in [5.74, 6) is 1.32. The molecule has 0 amide bonds. The average Bonchev–Trinajstić information content (AvgIpc) is 3.20. The van der Waals surface area contributed by atoms with Gasteiger partial charge in [0.25, 0.3) is 5.88 Å². The van der Waals surface area contributed by atoms with E-state index in [-0.39, 0.29) is 17.7 Å². The van der Waals surface area contributed by atoms with Crippen LogP contribution in [-0.4, -0.2) is 27.7 Å². The molecule has 1 aliphatic carbocycles. The number of rotatable bonds is 6. The molecular formula is C17H23N3O3. The molecule has 23 heavy (non-hydrogen) atoms. The number of aromatic nitrogens is 3. The van der Waals surface area contributed by atoms with Crippen molar-refractivity contribution in [1.29, 1.82) is 0 Å². The highest BCUT2D eigenvalue weighted by atomic mass is 16.5. The second-order valence-corrected chi connectivity index (χ2v) is 6.09. The number of H-pyrrole nitrogens is 1. The number of nitrogens with zero attached hydrogens (tertiary/aromatic N) is 2. The quantitative estimate of drug-likeness (QED) is 0.889. The van der Waals surface area contributed by atoms with Gasteiger partial charge in [0.1, 0.15) is 6.10 Å². The third-order valence-corrected chi connectivity index (χ3v) is 4.34. The van der Waals surface area contributed by atoms with Gasteiger partial charge in [-0.05, 0) is 37.8 Å². The van der Waals surface area contributed by atoms with E-state index >= 15 is 0 Å². The van der Waals surface area contributed by atoms with E-state index in [0.717, 1.165) is 18.5 Å². The molecule has 124 valence electrons. The molecular weight excluding hydrogens is 294 g/mol. The van der Waals surface area contributed by atoms with Crippen molar-refractivity contribution in [3.05, 3.63) is 40.7 Å². The Morgan fingerprint density at radius 3 is 2.83 bits per heavy atom. The highest BCUT2D eigenvalue weighted by molar-refractivity contribution is 5.35. The van der Waals surface area contributed by atoms with Crippen molar-refractivity contribution < 1.29 is 9.47 Å². The van der Waals surface area contributed by atoms with Crippen LogP contribution in [0.25, 0.3) is 0 Å². The predicted octanol–water partition coefficient (Wildman–Crippen LogP) is 2.71. The zero-order valence-electron chi connectivity index (χ0n) is 13.6. The topological polar surface area (TPSA) is 69.1 Å². The van der Waals surface area contributed by atoms with Crippen molar-refractivity contribution in [2.45, 2.75) is 51.2 Å². The monoisotopic (exact) mass is 317 g/mol. The standard InChI is InChI=1S/C17H23N3O3/c1-12(11-20-10-9-18-17(20)21)14-7-8-15(22-2)16(19-14)23-13-5-3-4-6-13/h7-10,12-13H,3-6,11H2,1-2H3,(H,18,21). The van der Waals surface area contributed by atoms with E-state index in [4.69, 9.17) is 9.47 Å². The summed E-state index contributed by atoms with van der Waals surface area (Å²) in [4.78, 5) is 18.9. The van der Waals surface area contributed by atoms with E-state index in [2.05, 4.69) is 9.97 Å². The first-order valence-corrected chi connectivity index (χ1v) is 8.13. The van der Waals surface area contributed by atoms with Crippen LogP contribution >= 0.6 is 0 Å². The second-order valence-electron chi connectivity index (χ2n) is 6.09. The highest BCUT2D eigenvalue weighted by Crippen LogP contribution is 2.31. The Labute approximate surface area is 135 Å². The van der Waals surface area contributed by atoms with Gasteiger partial charge < -0.3 is 14.5 Å². The molecule has 0 spiro atoms. The molecule has 0 aliphatic heterocycles. The van der Waals surface area contributed by atoms with Crippen LogP contribution in [0.4, 0.5) is 0 Å². The van der Waals surface area contributed by atoms with E-state index in [1.54, 1.807) is 24.1 Å². The Kier molecular flexibility index (Phi) is 4.69. The lowest BCUT2D eigenvalue weighted by Gasteiger charge is -2.17. The Morgan fingerprint density at radius 2 is 2.17 bits per heavy atom. The summed E-state index contributed by atoms with van der Waals surface area (Å²) in [7, 11) is 1.63.